The Labute approximate surface area is 100 Å². The summed E-state index contributed by atoms with van der Waals surface area (Å²) in [4.78, 5) is 7.88. The molecule has 1 heterocycles. The van der Waals surface area contributed by atoms with E-state index in [9.17, 15) is 4.39 Å². The number of ether oxygens (including phenoxy) is 1. The van der Waals surface area contributed by atoms with E-state index in [-0.39, 0.29) is 5.75 Å². The van der Waals surface area contributed by atoms with Crippen molar-refractivity contribution in [3.63, 3.8) is 0 Å². The molecule has 0 N–H and O–H groups in total. The summed E-state index contributed by atoms with van der Waals surface area (Å²) in [6.45, 7) is 0. The summed E-state index contributed by atoms with van der Waals surface area (Å²) < 4.78 is 19.0. The van der Waals surface area contributed by atoms with Crippen molar-refractivity contribution in [3.8, 4) is 16.9 Å². The fourth-order valence-electron chi connectivity index (χ4n) is 1.34. The van der Waals surface area contributed by atoms with Gasteiger partial charge in [-0.2, -0.15) is 0 Å². The molecule has 5 heteroatoms. The van der Waals surface area contributed by atoms with E-state index in [4.69, 9.17) is 4.74 Å². The SMILES string of the molecule is COc1ccc(-c2cncnc2Br)cc1F. The van der Waals surface area contributed by atoms with E-state index >= 15 is 0 Å². The smallest absolute Gasteiger partial charge is 0.165 e. The van der Waals surface area contributed by atoms with Crippen LogP contribution in [0.1, 0.15) is 0 Å². The molecule has 3 nitrogen and oxygen atoms in total. The number of hydrogen-bond donors (Lipinski definition) is 0. The molecule has 0 aliphatic carbocycles. The minimum Gasteiger partial charge on any atom is -0.494 e. The lowest BCUT2D eigenvalue weighted by Gasteiger charge is -2.05. The molecule has 1 aromatic heterocycles. The Morgan fingerprint density at radius 1 is 1.38 bits per heavy atom. The van der Waals surface area contributed by atoms with Gasteiger partial charge in [0.2, 0.25) is 0 Å². The van der Waals surface area contributed by atoms with Crippen molar-refractivity contribution in [2.75, 3.05) is 7.11 Å². The van der Waals surface area contributed by atoms with Crippen molar-refractivity contribution in [1.29, 1.82) is 0 Å². The van der Waals surface area contributed by atoms with Gasteiger partial charge in [-0.25, -0.2) is 14.4 Å². The second kappa shape index (κ2) is 4.57. The predicted molar refractivity (Wildman–Crippen MR) is 61.7 cm³/mol. The third-order valence-electron chi connectivity index (χ3n) is 2.13. The average molecular weight is 283 g/mol. The molecule has 0 bridgehead atoms. The van der Waals surface area contributed by atoms with Crippen molar-refractivity contribution in [3.05, 3.63) is 41.1 Å². The number of methoxy groups -OCH3 is 1. The summed E-state index contributed by atoms with van der Waals surface area (Å²) in [7, 11) is 1.43. The summed E-state index contributed by atoms with van der Waals surface area (Å²) >= 11 is 3.29. The highest BCUT2D eigenvalue weighted by molar-refractivity contribution is 9.10. The molecule has 0 unspecified atom stereocenters. The van der Waals surface area contributed by atoms with Crippen LogP contribution in [0.2, 0.25) is 0 Å². The third-order valence-corrected chi connectivity index (χ3v) is 2.76. The maximum Gasteiger partial charge on any atom is 0.165 e. The van der Waals surface area contributed by atoms with Crippen LogP contribution in [0.25, 0.3) is 11.1 Å². The van der Waals surface area contributed by atoms with Gasteiger partial charge in [0, 0.05) is 11.8 Å². The first-order valence-corrected chi connectivity index (χ1v) is 5.31. The van der Waals surface area contributed by atoms with Gasteiger partial charge in [0.05, 0.1) is 7.11 Å². The van der Waals surface area contributed by atoms with Gasteiger partial charge in [0.1, 0.15) is 10.9 Å². The number of benzene rings is 1. The lowest BCUT2D eigenvalue weighted by Crippen LogP contribution is -1.90. The number of halogens is 2. The third kappa shape index (κ3) is 2.04. The summed E-state index contributed by atoms with van der Waals surface area (Å²) in [5.41, 5.74) is 1.44. The van der Waals surface area contributed by atoms with Gasteiger partial charge in [-0.3, -0.25) is 0 Å². The summed E-state index contributed by atoms with van der Waals surface area (Å²) in [5.74, 6) is -0.188. The molecule has 0 spiro atoms. The zero-order chi connectivity index (χ0) is 11.5. The van der Waals surface area contributed by atoms with E-state index < -0.39 is 5.82 Å². The topological polar surface area (TPSA) is 35.0 Å². The van der Waals surface area contributed by atoms with Gasteiger partial charge >= 0.3 is 0 Å². The van der Waals surface area contributed by atoms with Crippen LogP contribution < -0.4 is 4.74 Å². The zero-order valence-corrected chi connectivity index (χ0v) is 10.0. The number of rotatable bonds is 2. The average Bonchev–Trinajstić information content (AvgIpc) is 2.29. The predicted octanol–water partition coefficient (Wildman–Crippen LogP) is 3.05. The largest absolute Gasteiger partial charge is 0.494 e. The van der Waals surface area contributed by atoms with E-state index in [0.717, 1.165) is 5.56 Å². The second-order valence-electron chi connectivity index (χ2n) is 3.08. The van der Waals surface area contributed by atoms with Crippen LogP contribution in [-0.2, 0) is 0 Å². The minimum absolute atomic E-state index is 0.219. The molecule has 0 amide bonds. The van der Waals surface area contributed by atoms with Crippen LogP contribution in [0, 0.1) is 5.82 Å². The van der Waals surface area contributed by atoms with Crippen molar-refractivity contribution >= 4 is 15.9 Å². The van der Waals surface area contributed by atoms with Crippen LogP contribution in [0.5, 0.6) is 5.75 Å². The maximum absolute atomic E-state index is 13.5. The Kier molecular flexibility index (Phi) is 3.14. The highest BCUT2D eigenvalue weighted by atomic mass is 79.9. The quantitative estimate of drug-likeness (QED) is 0.794. The van der Waals surface area contributed by atoms with Gasteiger partial charge in [0.25, 0.3) is 0 Å². The molecular weight excluding hydrogens is 275 g/mol. The molecule has 0 saturated carbocycles. The molecule has 2 aromatic rings. The molecule has 1 aromatic carbocycles. The monoisotopic (exact) mass is 282 g/mol. The second-order valence-corrected chi connectivity index (χ2v) is 3.83. The Morgan fingerprint density at radius 3 is 2.81 bits per heavy atom. The molecule has 16 heavy (non-hydrogen) atoms. The van der Waals surface area contributed by atoms with Crippen LogP contribution in [0.3, 0.4) is 0 Å². The number of nitrogens with zero attached hydrogens (tertiary/aromatic N) is 2. The first-order chi connectivity index (χ1) is 7.72. The number of aromatic nitrogens is 2. The Hall–Kier alpha value is -1.49. The van der Waals surface area contributed by atoms with Gasteiger partial charge in [-0.15, -0.1) is 0 Å². The van der Waals surface area contributed by atoms with Crippen molar-refractivity contribution < 1.29 is 9.13 Å². The van der Waals surface area contributed by atoms with E-state index in [1.54, 1.807) is 18.3 Å². The Bertz CT molecular complexity index is 519. The molecule has 0 fully saturated rings. The molecule has 0 saturated heterocycles. The standard InChI is InChI=1S/C11H8BrFN2O/c1-16-10-3-2-7(4-9(10)13)8-5-14-6-15-11(8)12/h2-6H,1H3. The fourth-order valence-corrected chi connectivity index (χ4v) is 1.77. The van der Waals surface area contributed by atoms with Gasteiger partial charge in [-0.05, 0) is 33.6 Å². The summed E-state index contributed by atoms with van der Waals surface area (Å²) in [5, 5.41) is 0. The van der Waals surface area contributed by atoms with Crippen molar-refractivity contribution in [2.45, 2.75) is 0 Å². The van der Waals surface area contributed by atoms with E-state index in [0.29, 0.717) is 10.2 Å². The highest BCUT2D eigenvalue weighted by Crippen LogP contribution is 2.28. The Balaban J connectivity index is 2.50. The molecule has 82 valence electrons. The Morgan fingerprint density at radius 2 is 2.19 bits per heavy atom. The van der Waals surface area contributed by atoms with Gasteiger partial charge in [0.15, 0.2) is 11.6 Å². The van der Waals surface area contributed by atoms with Crippen molar-refractivity contribution in [1.82, 2.24) is 9.97 Å². The first kappa shape index (κ1) is 11.0. The zero-order valence-electron chi connectivity index (χ0n) is 8.45. The molecule has 0 aliphatic rings. The molecule has 0 aliphatic heterocycles. The van der Waals surface area contributed by atoms with Crippen LogP contribution >= 0.6 is 15.9 Å². The molecular formula is C11H8BrFN2O. The molecule has 0 radical (unpaired) electrons. The normalized spacial score (nSPS) is 10.2. The van der Waals surface area contributed by atoms with E-state index in [1.807, 2.05) is 0 Å². The van der Waals surface area contributed by atoms with Gasteiger partial charge < -0.3 is 4.74 Å². The van der Waals surface area contributed by atoms with Crippen LogP contribution in [0.4, 0.5) is 4.39 Å². The van der Waals surface area contributed by atoms with E-state index in [2.05, 4.69) is 25.9 Å². The van der Waals surface area contributed by atoms with Crippen LogP contribution in [0.15, 0.2) is 35.3 Å². The lowest BCUT2D eigenvalue weighted by molar-refractivity contribution is 0.386. The lowest BCUT2D eigenvalue weighted by atomic mass is 10.1. The van der Waals surface area contributed by atoms with Crippen LogP contribution in [-0.4, -0.2) is 17.1 Å². The first-order valence-electron chi connectivity index (χ1n) is 4.52. The fraction of sp³-hybridized carbons (Fsp3) is 0.0909. The summed E-state index contributed by atoms with van der Waals surface area (Å²) in [6.07, 6.45) is 3.05. The van der Waals surface area contributed by atoms with Crippen molar-refractivity contribution in [2.24, 2.45) is 0 Å². The maximum atomic E-state index is 13.5. The molecule has 2 rings (SSSR count). The number of hydrogen-bond acceptors (Lipinski definition) is 3. The summed E-state index contributed by atoms with van der Waals surface area (Å²) in [6, 6.07) is 4.72. The minimum atomic E-state index is -0.407. The van der Waals surface area contributed by atoms with Gasteiger partial charge in [-0.1, -0.05) is 6.07 Å². The highest BCUT2D eigenvalue weighted by Gasteiger charge is 2.08. The van der Waals surface area contributed by atoms with E-state index in [1.165, 1.54) is 19.5 Å². The molecule has 0 atom stereocenters.